The Kier molecular flexibility index (Phi) is 14.6. The maximum atomic E-state index is 13.7. The van der Waals surface area contributed by atoms with Crippen molar-refractivity contribution in [2.24, 2.45) is 23.7 Å². The summed E-state index contributed by atoms with van der Waals surface area (Å²) in [6.45, 7) is 14.2. The van der Waals surface area contributed by atoms with Crippen LogP contribution in [0.1, 0.15) is 103 Å². The van der Waals surface area contributed by atoms with Gasteiger partial charge in [-0.05, 0) is 126 Å². The summed E-state index contributed by atoms with van der Waals surface area (Å²) in [5.74, 6) is 0.543. The third-order valence-electron chi connectivity index (χ3n) is 14.0. The Labute approximate surface area is 378 Å². The second-order valence-corrected chi connectivity index (χ2v) is 19.1. The molecule has 7 unspecified atom stereocenters. The zero-order chi connectivity index (χ0) is 45.8. The van der Waals surface area contributed by atoms with Crippen molar-refractivity contribution in [3.8, 4) is 22.3 Å². The lowest BCUT2D eigenvalue weighted by molar-refractivity contribution is -0.139. The van der Waals surface area contributed by atoms with Crippen LogP contribution in [0, 0.1) is 23.7 Å². The predicted molar refractivity (Wildman–Crippen MR) is 248 cm³/mol. The Morgan fingerprint density at radius 1 is 0.656 bits per heavy atom. The molecule has 14 heteroatoms. The molecule has 3 aromatic carbocycles. The minimum absolute atomic E-state index is 0.0419. The molecule has 64 heavy (non-hydrogen) atoms. The van der Waals surface area contributed by atoms with E-state index in [1.807, 2.05) is 38.1 Å². The van der Waals surface area contributed by atoms with Crippen LogP contribution in [0.3, 0.4) is 0 Å². The van der Waals surface area contributed by atoms with E-state index in [4.69, 9.17) is 9.47 Å². The van der Waals surface area contributed by atoms with E-state index in [1.165, 1.54) is 30.9 Å². The Morgan fingerprint density at radius 2 is 1.16 bits per heavy atom. The van der Waals surface area contributed by atoms with Gasteiger partial charge in [-0.2, -0.15) is 0 Å². The molecule has 0 spiro atoms. The van der Waals surface area contributed by atoms with Crippen LogP contribution in [-0.4, -0.2) is 97.7 Å². The minimum atomic E-state index is -0.798. The van der Waals surface area contributed by atoms with E-state index in [1.54, 1.807) is 4.90 Å². The second-order valence-electron chi connectivity index (χ2n) is 19.1. The van der Waals surface area contributed by atoms with Gasteiger partial charge >= 0.3 is 12.2 Å². The average molecular weight is 878 g/mol. The lowest BCUT2D eigenvalue weighted by Crippen LogP contribution is -2.54. The van der Waals surface area contributed by atoms with Gasteiger partial charge in [-0.1, -0.05) is 77.9 Å². The molecule has 344 valence electrons. The summed E-state index contributed by atoms with van der Waals surface area (Å²) >= 11 is 0. The lowest BCUT2D eigenvalue weighted by Gasteiger charge is -2.32. The van der Waals surface area contributed by atoms with Gasteiger partial charge in [0.05, 0.1) is 20.3 Å². The Bertz CT molecular complexity index is 2180. The molecule has 3 saturated heterocycles. The number of methoxy groups -OCH3 is 2. The molecule has 0 radical (unpaired) electrons. The maximum absolute atomic E-state index is 13.7. The maximum Gasteiger partial charge on any atom is 0.407 e. The number of alkyl carbamates (subject to hydrolysis) is 2. The zero-order valence-corrected chi connectivity index (χ0v) is 38.7. The number of carbonyl (C=O) groups excluding carboxylic acids is 5. The smallest absolute Gasteiger partial charge is 0.407 e. The lowest BCUT2D eigenvalue weighted by atomic mass is 9.82. The number of likely N-dealkylation sites (tertiary alicyclic amines) is 2. The first-order chi connectivity index (χ1) is 30.7. The summed E-state index contributed by atoms with van der Waals surface area (Å²) in [5, 5.41) is 15.8. The van der Waals surface area contributed by atoms with E-state index in [0.29, 0.717) is 43.5 Å². The second kappa shape index (κ2) is 20.1. The first-order valence-corrected chi connectivity index (χ1v) is 23.2. The molecule has 4 heterocycles. The van der Waals surface area contributed by atoms with Crippen molar-refractivity contribution in [3.05, 3.63) is 71.8 Å². The van der Waals surface area contributed by atoms with Crippen LogP contribution in [0.25, 0.3) is 22.3 Å². The van der Waals surface area contributed by atoms with Crippen molar-refractivity contribution in [1.29, 1.82) is 0 Å². The average Bonchev–Trinajstić information content (AvgIpc) is 4.03. The summed E-state index contributed by atoms with van der Waals surface area (Å²) in [6, 6.07) is 19.1. The fraction of sp³-hybridized carbons (Fsp3) is 0.540. The largest absolute Gasteiger partial charge is 0.453 e. The molecule has 0 aliphatic carbocycles. The van der Waals surface area contributed by atoms with Crippen molar-refractivity contribution in [2.45, 2.75) is 116 Å². The summed E-state index contributed by atoms with van der Waals surface area (Å²) in [4.78, 5) is 68.7. The molecule has 7 rings (SSSR count). The highest BCUT2D eigenvalue weighted by atomic mass is 16.5. The summed E-state index contributed by atoms with van der Waals surface area (Å²) in [6.07, 6.45) is 3.87. The number of nitrogens with one attached hydrogen (secondary N) is 5. The van der Waals surface area contributed by atoms with Crippen LogP contribution in [-0.2, 0) is 23.9 Å². The van der Waals surface area contributed by atoms with Crippen molar-refractivity contribution < 1.29 is 33.4 Å². The van der Waals surface area contributed by atoms with Crippen molar-refractivity contribution >= 4 is 41.3 Å². The molecular formula is C50H67N7O7. The minimum Gasteiger partial charge on any atom is -0.453 e. The molecular weight excluding hydrogens is 811 g/mol. The molecule has 3 fully saturated rings. The molecule has 4 aliphatic rings. The van der Waals surface area contributed by atoms with Crippen LogP contribution < -0.4 is 26.6 Å². The zero-order valence-electron chi connectivity index (χ0n) is 38.7. The monoisotopic (exact) mass is 878 g/mol. The van der Waals surface area contributed by atoms with Gasteiger partial charge < -0.3 is 41.0 Å². The Hall–Kier alpha value is -5.47. The fourth-order valence-corrected chi connectivity index (χ4v) is 10.2. The highest BCUT2D eigenvalue weighted by Gasteiger charge is 2.43. The molecule has 0 saturated carbocycles. The molecule has 2 bridgehead atoms. The fourth-order valence-electron chi connectivity index (χ4n) is 10.2. The van der Waals surface area contributed by atoms with E-state index in [9.17, 15) is 24.0 Å². The number of hydrogen-bond donors (Lipinski definition) is 5. The number of amides is 5. The highest BCUT2D eigenvalue weighted by Crippen LogP contribution is 2.53. The molecule has 5 N–H and O–H groups in total. The number of anilines is 2. The highest BCUT2D eigenvalue weighted by molar-refractivity contribution is 5.99. The normalized spacial score (nSPS) is 22.5. The first kappa shape index (κ1) is 46.5. The number of hydrogen-bond acceptors (Lipinski definition) is 9. The SMILES string of the molecule is COC(=O)NC(CN1CCCC1C(=O)Nc1ccc(-c2ccc(-c3ccc(NC(=O)C4CCCN4C(=O)C(NC(=O)OC)C(C)C)cc3)c3c2C2CC(C(C)C)CC3N2)cc1)C(C)C. The van der Waals surface area contributed by atoms with Crippen molar-refractivity contribution in [3.63, 3.8) is 0 Å². The van der Waals surface area contributed by atoms with E-state index in [2.05, 4.69) is 95.6 Å². The van der Waals surface area contributed by atoms with Gasteiger partial charge in [0.1, 0.15) is 12.1 Å². The molecule has 4 aliphatic heterocycles. The van der Waals surface area contributed by atoms with Gasteiger partial charge in [-0.25, -0.2) is 9.59 Å². The molecule has 0 aromatic heterocycles. The van der Waals surface area contributed by atoms with Crippen molar-refractivity contribution in [1.82, 2.24) is 25.8 Å². The van der Waals surface area contributed by atoms with E-state index >= 15 is 0 Å². The number of fused-ring (bicyclic) bond motifs is 5. The quantitative estimate of drug-likeness (QED) is 0.108. The number of ether oxygens (including phenoxy) is 2. The summed E-state index contributed by atoms with van der Waals surface area (Å²) in [7, 11) is 2.62. The number of benzene rings is 3. The number of carbonyl (C=O) groups is 5. The summed E-state index contributed by atoms with van der Waals surface area (Å²) < 4.78 is 9.60. The van der Waals surface area contributed by atoms with Crippen molar-refractivity contribution in [2.75, 3.05) is 44.5 Å². The van der Waals surface area contributed by atoms with Crippen LogP contribution in [0.4, 0.5) is 21.0 Å². The van der Waals surface area contributed by atoms with Gasteiger partial charge in [0, 0.05) is 42.6 Å². The number of piperidine rings is 1. The predicted octanol–water partition coefficient (Wildman–Crippen LogP) is 7.87. The number of rotatable bonds is 14. The van der Waals surface area contributed by atoms with Crippen LogP contribution in [0.15, 0.2) is 60.7 Å². The Balaban J connectivity index is 1.08. The van der Waals surface area contributed by atoms with Gasteiger partial charge in [-0.3, -0.25) is 19.3 Å². The topological polar surface area (TPSA) is 170 Å². The Morgan fingerprint density at radius 3 is 1.66 bits per heavy atom. The molecule has 7 atom stereocenters. The molecule has 14 nitrogen and oxygen atoms in total. The van der Waals surface area contributed by atoms with E-state index in [-0.39, 0.29) is 53.7 Å². The summed E-state index contributed by atoms with van der Waals surface area (Å²) in [5.41, 5.74) is 8.53. The molecule has 5 amide bonds. The van der Waals surface area contributed by atoms with Crippen LogP contribution in [0.2, 0.25) is 0 Å². The molecule has 3 aromatic rings. The third-order valence-corrected chi connectivity index (χ3v) is 14.0. The van der Waals surface area contributed by atoms with E-state index in [0.717, 1.165) is 54.6 Å². The van der Waals surface area contributed by atoms with Gasteiger partial charge in [0.15, 0.2) is 0 Å². The van der Waals surface area contributed by atoms with Gasteiger partial charge in [-0.15, -0.1) is 0 Å². The van der Waals surface area contributed by atoms with Gasteiger partial charge in [0.2, 0.25) is 17.7 Å². The standard InChI is InChI=1S/C50H67N7O7/c1-28(2)33-25-38-43-36(31-13-17-34(18-14-31)51-46(58)41-11-9-23-56(41)27-40(29(3)4)54-49(61)63-7)21-22-37(44(43)39(26-33)53-38)32-15-19-35(20-16-32)52-47(59)42-12-10-24-57(42)48(60)45(30(5)6)55-50(62)64-8/h13-22,28-30,33,38-42,45,53H,9-12,23-27H2,1-8H3,(H,51,58)(H,52,59)(H,54,61)(H,55,62). The first-order valence-electron chi connectivity index (χ1n) is 23.2. The van der Waals surface area contributed by atoms with Crippen LogP contribution in [0.5, 0.6) is 0 Å². The van der Waals surface area contributed by atoms with Crippen LogP contribution >= 0.6 is 0 Å². The van der Waals surface area contributed by atoms with E-state index < -0.39 is 24.3 Å². The number of nitrogens with zero attached hydrogens (tertiary/aromatic N) is 2. The third kappa shape index (κ3) is 10.1. The van der Waals surface area contributed by atoms with Gasteiger partial charge in [0.25, 0.3) is 0 Å².